The molecule has 5 aromatic rings. The van der Waals surface area contributed by atoms with Crippen molar-refractivity contribution in [2.24, 2.45) is 0 Å². The molecule has 5 rings (SSSR count). The Labute approximate surface area is 218 Å². The number of anilines is 4. The van der Waals surface area contributed by atoms with E-state index in [1.807, 2.05) is 36.4 Å². The van der Waals surface area contributed by atoms with Crippen molar-refractivity contribution in [1.82, 2.24) is 15.0 Å². The van der Waals surface area contributed by atoms with E-state index in [1.54, 1.807) is 36.5 Å². The summed E-state index contributed by atoms with van der Waals surface area (Å²) in [5.41, 5.74) is 18.3. The van der Waals surface area contributed by atoms with Crippen LogP contribution in [0.2, 0.25) is 0 Å². The Morgan fingerprint density at radius 1 is 0.868 bits per heavy atom. The van der Waals surface area contributed by atoms with Crippen molar-refractivity contribution in [1.29, 1.82) is 0 Å². The molecule has 0 saturated heterocycles. The predicted octanol–water partition coefficient (Wildman–Crippen LogP) is 4.90. The topological polar surface area (TPSA) is 149 Å². The van der Waals surface area contributed by atoms with Crippen LogP contribution in [0.25, 0.3) is 33.2 Å². The number of fused-ring (bicyclic) bond motifs is 1. The summed E-state index contributed by atoms with van der Waals surface area (Å²) in [6, 6.07) is 19.7. The highest BCUT2D eigenvalue weighted by molar-refractivity contribution is 6.08. The molecule has 2 amide bonds. The van der Waals surface area contributed by atoms with Crippen LogP contribution in [0.4, 0.5) is 22.9 Å². The zero-order valence-corrected chi connectivity index (χ0v) is 20.2. The highest BCUT2D eigenvalue weighted by atomic mass is 16.2. The van der Waals surface area contributed by atoms with Gasteiger partial charge in [0, 0.05) is 51.9 Å². The Balaban J connectivity index is 1.53. The maximum Gasteiger partial charge on any atom is 0.256 e. The molecule has 9 nitrogen and oxygen atoms in total. The van der Waals surface area contributed by atoms with E-state index in [1.165, 1.54) is 18.6 Å². The summed E-state index contributed by atoms with van der Waals surface area (Å²) >= 11 is 0. The number of hydrogen-bond acceptors (Lipinski definition) is 7. The largest absolute Gasteiger partial charge is 0.399 e. The van der Waals surface area contributed by atoms with Gasteiger partial charge in [-0.25, -0.2) is 15.0 Å². The van der Waals surface area contributed by atoms with Gasteiger partial charge in [-0.2, -0.15) is 0 Å². The molecular weight excluding hydrogens is 478 g/mol. The summed E-state index contributed by atoms with van der Waals surface area (Å²) in [7, 11) is 0. The van der Waals surface area contributed by atoms with Gasteiger partial charge < -0.3 is 22.1 Å². The van der Waals surface area contributed by atoms with Crippen LogP contribution in [0.15, 0.2) is 98.1 Å². The fraction of sp³-hybridized carbons (Fsp3) is 0. The third kappa shape index (κ3) is 4.89. The van der Waals surface area contributed by atoms with Crippen molar-refractivity contribution < 1.29 is 9.59 Å². The molecule has 0 saturated carbocycles. The molecule has 0 fully saturated rings. The second-order valence-electron chi connectivity index (χ2n) is 8.45. The Morgan fingerprint density at radius 3 is 2.45 bits per heavy atom. The van der Waals surface area contributed by atoms with E-state index in [0.29, 0.717) is 39.3 Å². The summed E-state index contributed by atoms with van der Waals surface area (Å²) in [5.74, 6) is -0.245. The lowest BCUT2D eigenvalue weighted by Gasteiger charge is -2.15. The third-order valence-corrected chi connectivity index (χ3v) is 5.95. The molecule has 0 aliphatic rings. The van der Waals surface area contributed by atoms with Crippen molar-refractivity contribution >= 4 is 45.6 Å². The quantitative estimate of drug-likeness (QED) is 0.191. The van der Waals surface area contributed by atoms with Crippen LogP contribution in [0.1, 0.15) is 10.4 Å². The minimum atomic E-state index is -0.311. The number of carbonyl (C=O) groups excluding carboxylic acids is 2. The molecule has 2 heterocycles. The molecule has 0 spiro atoms. The van der Waals surface area contributed by atoms with Crippen molar-refractivity contribution in [2.75, 3.05) is 22.1 Å². The van der Waals surface area contributed by atoms with Crippen LogP contribution < -0.4 is 22.1 Å². The van der Waals surface area contributed by atoms with Crippen LogP contribution in [0.3, 0.4) is 0 Å². The second-order valence-corrected chi connectivity index (χ2v) is 8.45. The van der Waals surface area contributed by atoms with Crippen LogP contribution >= 0.6 is 0 Å². The van der Waals surface area contributed by atoms with E-state index >= 15 is 0 Å². The van der Waals surface area contributed by atoms with Crippen LogP contribution in [0, 0.1) is 0 Å². The van der Waals surface area contributed by atoms with Gasteiger partial charge in [0.15, 0.2) is 0 Å². The molecule has 38 heavy (non-hydrogen) atoms. The molecule has 3 aromatic carbocycles. The Kier molecular flexibility index (Phi) is 6.48. The SMILES string of the molecule is C=CC(=O)Nc1cccc(-c2cc(-c3ccc(C(=O)Nc4cc(N)ccn4)cc3)c(N)c3cncnc23)c1. The van der Waals surface area contributed by atoms with Crippen LogP contribution in [-0.4, -0.2) is 26.8 Å². The monoisotopic (exact) mass is 501 g/mol. The van der Waals surface area contributed by atoms with Gasteiger partial charge in [0.25, 0.3) is 5.91 Å². The number of aromatic nitrogens is 3. The number of nitrogens with one attached hydrogen (secondary N) is 2. The second kappa shape index (κ2) is 10.2. The van der Waals surface area contributed by atoms with Gasteiger partial charge in [-0.1, -0.05) is 30.8 Å². The lowest BCUT2D eigenvalue weighted by molar-refractivity contribution is -0.111. The molecule has 0 bridgehead atoms. The van der Waals surface area contributed by atoms with Gasteiger partial charge in [-0.3, -0.25) is 9.59 Å². The van der Waals surface area contributed by atoms with Crippen molar-refractivity contribution in [3.8, 4) is 22.3 Å². The minimum Gasteiger partial charge on any atom is -0.399 e. The summed E-state index contributed by atoms with van der Waals surface area (Å²) < 4.78 is 0. The third-order valence-electron chi connectivity index (χ3n) is 5.95. The molecular formula is C29H23N7O2. The molecule has 0 aliphatic heterocycles. The molecule has 6 N–H and O–H groups in total. The molecule has 2 aromatic heterocycles. The number of rotatable bonds is 6. The normalized spacial score (nSPS) is 10.6. The molecule has 9 heteroatoms. The molecule has 186 valence electrons. The number of amides is 2. The van der Waals surface area contributed by atoms with E-state index in [-0.39, 0.29) is 11.8 Å². The van der Waals surface area contributed by atoms with E-state index in [9.17, 15) is 9.59 Å². The maximum absolute atomic E-state index is 12.7. The first kappa shape index (κ1) is 24.1. The van der Waals surface area contributed by atoms with Gasteiger partial charge in [0.05, 0.1) is 11.2 Å². The first-order valence-electron chi connectivity index (χ1n) is 11.6. The first-order valence-corrected chi connectivity index (χ1v) is 11.6. The van der Waals surface area contributed by atoms with Gasteiger partial charge >= 0.3 is 0 Å². The fourth-order valence-corrected chi connectivity index (χ4v) is 4.10. The Hall–Kier alpha value is -5.57. The molecule has 0 atom stereocenters. The summed E-state index contributed by atoms with van der Waals surface area (Å²) in [6.45, 7) is 3.50. The van der Waals surface area contributed by atoms with Crippen molar-refractivity contribution in [3.05, 3.63) is 104 Å². The van der Waals surface area contributed by atoms with E-state index in [0.717, 1.165) is 22.3 Å². The number of nitrogens with two attached hydrogens (primary N) is 2. The Bertz CT molecular complexity index is 1700. The van der Waals surface area contributed by atoms with Crippen molar-refractivity contribution in [2.45, 2.75) is 0 Å². The smallest absolute Gasteiger partial charge is 0.256 e. The number of benzene rings is 3. The van der Waals surface area contributed by atoms with E-state index < -0.39 is 0 Å². The van der Waals surface area contributed by atoms with E-state index in [4.69, 9.17) is 11.5 Å². The summed E-state index contributed by atoms with van der Waals surface area (Å²) in [5, 5.41) is 6.21. The zero-order chi connectivity index (χ0) is 26.6. The number of carbonyl (C=O) groups is 2. The summed E-state index contributed by atoms with van der Waals surface area (Å²) in [6.07, 6.45) is 5.89. The van der Waals surface area contributed by atoms with Crippen LogP contribution in [0.5, 0.6) is 0 Å². The highest BCUT2D eigenvalue weighted by Gasteiger charge is 2.16. The standard InChI is InChI=1S/C29H23N7O2/c1-2-26(37)35-21-5-3-4-19(12-21)23-14-22(27(31)24-15-32-16-34-28(23)24)17-6-8-18(9-7-17)29(38)36-25-13-20(30)10-11-33-25/h2-16H,1,31H2,(H,35,37)(H3,30,33,36,38). The molecule has 0 aliphatic carbocycles. The number of pyridine rings is 1. The Morgan fingerprint density at radius 2 is 1.68 bits per heavy atom. The number of nitrogens with zero attached hydrogens (tertiary/aromatic N) is 3. The zero-order valence-electron chi connectivity index (χ0n) is 20.2. The predicted molar refractivity (Wildman–Crippen MR) is 150 cm³/mol. The lowest BCUT2D eigenvalue weighted by Crippen LogP contribution is -2.13. The fourth-order valence-electron chi connectivity index (χ4n) is 4.10. The average molecular weight is 502 g/mol. The van der Waals surface area contributed by atoms with Gasteiger partial charge in [0.2, 0.25) is 5.91 Å². The van der Waals surface area contributed by atoms with Gasteiger partial charge in [-0.15, -0.1) is 0 Å². The average Bonchev–Trinajstić information content (AvgIpc) is 2.93. The molecule has 0 radical (unpaired) electrons. The van der Waals surface area contributed by atoms with Crippen molar-refractivity contribution in [3.63, 3.8) is 0 Å². The number of hydrogen-bond donors (Lipinski definition) is 4. The minimum absolute atomic E-state index is 0.303. The van der Waals surface area contributed by atoms with Gasteiger partial charge in [0.1, 0.15) is 12.1 Å². The highest BCUT2D eigenvalue weighted by Crippen LogP contribution is 2.39. The van der Waals surface area contributed by atoms with E-state index in [2.05, 4.69) is 32.2 Å². The lowest BCUT2D eigenvalue weighted by atomic mass is 9.93. The first-order chi connectivity index (χ1) is 18.4. The summed E-state index contributed by atoms with van der Waals surface area (Å²) in [4.78, 5) is 37.3. The van der Waals surface area contributed by atoms with Gasteiger partial charge in [-0.05, 0) is 53.6 Å². The maximum atomic E-state index is 12.7. The molecule has 0 unspecified atom stereocenters. The number of nitrogen functional groups attached to an aromatic ring is 2. The van der Waals surface area contributed by atoms with Crippen LogP contribution in [-0.2, 0) is 4.79 Å².